The van der Waals surface area contributed by atoms with Crippen LogP contribution in [0.15, 0.2) is 49.6 Å². The van der Waals surface area contributed by atoms with Gasteiger partial charge in [-0.1, -0.05) is 27.7 Å². The van der Waals surface area contributed by atoms with Crippen molar-refractivity contribution in [2.24, 2.45) is 0 Å². The largest absolute Gasteiger partial charge is 2.00 e. The van der Waals surface area contributed by atoms with Crippen molar-refractivity contribution in [2.45, 2.75) is 52.4 Å². The van der Waals surface area contributed by atoms with Crippen LogP contribution >= 0.6 is 0 Å². The van der Waals surface area contributed by atoms with Crippen LogP contribution in [-0.2, 0) is 21.1 Å². The van der Waals surface area contributed by atoms with E-state index in [1.807, 2.05) is 77.8 Å². The molecule has 4 heterocycles. The molecule has 0 fully saturated rings. The van der Waals surface area contributed by atoms with Gasteiger partial charge >= 0.3 is 21.1 Å². The minimum atomic E-state index is 0. The van der Waals surface area contributed by atoms with Crippen molar-refractivity contribution >= 4 is 0 Å². The monoisotopic (exact) mass is 583 g/mol. The normalized spacial score (nSPS) is 27.3. The predicted molar refractivity (Wildman–Crippen MR) is 119 cm³/mol. The Morgan fingerprint density at radius 3 is 0.655 bits per heavy atom. The van der Waals surface area contributed by atoms with E-state index in [0.29, 0.717) is 24.7 Å². The van der Waals surface area contributed by atoms with E-state index in [2.05, 4.69) is 68.6 Å². The summed E-state index contributed by atoms with van der Waals surface area (Å²) in [7, 11) is 8.05. The summed E-state index contributed by atoms with van der Waals surface area (Å²) in [6.07, 6.45) is 16.6. The molecule has 0 spiro atoms. The topological polar surface area (TPSA) is 69.4 Å². The molecule has 168 valence electrons. The van der Waals surface area contributed by atoms with E-state index < -0.39 is 0 Å². The molecule has 0 radical (unpaired) electrons. The first-order valence-electron chi connectivity index (χ1n) is 9.56. The molecule has 9 heteroatoms. The number of hydrogen-bond donors (Lipinski definition) is 0. The molecule has 8 nitrogen and oxygen atoms in total. The first-order valence-corrected chi connectivity index (χ1v) is 9.56. The summed E-state index contributed by atoms with van der Waals surface area (Å²) in [6, 6.07) is 0. The third-order valence-corrected chi connectivity index (χ3v) is 4.77. The Kier molecular flexibility index (Phi) is 13.1. The van der Waals surface area contributed by atoms with Gasteiger partial charge in [-0.3, -0.25) is 0 Å². The first kappa shape index (κ1) is 27.0. The van der Waals surface area contributed by atoms with Gasteiger partial charge in [0.05, 0.1) is 0 Å². The van der Waals surface area contributed by atoms with E-state index in [4.69, 9.17) is 0 Å². The smallest absolute Gasteiger partial charge is 0.671 e. The number of hydrogen-bond acceptors (Lipinski definition) is 4. The quantitative estimate of drug-likeness (QED) is 0.422. The molecule has 4 aliphatic rings. The summed E-state index contributed by atoms with van der Waals surface area (Å²) < 4.78 is 0. The molecule has 0 saturated carbocycles. The molecule has 29 heavy (non-hydrogen) atoms. The fourth-order valence-corrected chi connectivity index (χ4v) is 1.99. The minimum Gasteiger partial charge on any atom is -0.671 e. The van der Waals surface area contributed by atoms with Crippen LogP contribution in [0.5, 0.6) is 0 Å². The molecule has 0 amide bonds. The summed E-state index contributed by atoms with van der Waals surface area (Å²) >= 11 is 0. The molecule has 0 aliphatic carbocycles. The molecular weight excluding hydrogens is 547 g/mol. The molecule has 0 aromatic carbocycles. The molecule has 0 aromatic rings. The van der Waals surface area contributed by atoms with Gasteiger partial charge in [0.2, 0.25) is 0 Å². The van der Waals surface area contributed by atoms with E-state index in [0.717, 1.165) is 0 Å². The number of rotatable bonds is 0. The van der Waals surface area contributed by atoms with Crippen LogP contribution in [0.25, 0.3) is 21.3 Å². The molecule has 4 rings (SSSR count). The zero-order valence-corrected chi connectivity index (χ0v) is 21.1. The van der Waals surface area contributed by atoms with Crippen molar-refractivity contribution in [3.05, 3.63) is 70.9 Å². The maximum Gasteiger partial charge on any atom is 2.00 e. The maximum atomic E-state index is 4.06. The van der Waals surface area contributed by atoms with Gasteiger partial charge in [-0.05, 0) is 49.5 Å². The molecule has 4 aliphatic heterocycles. The first-order chi connectivity index (χ1) is 13.2. The second-order valence-electron chi connectivity index (χ2n) is 6.98. The zero-order valence-electron chi connectivity index (χ0n) is 18.8. The molecule has 4 unspecified atom stereocenters. The molecule has 0 saturated heterocycles. The Morgan fingerprint density at radius 2 is 0.621 bits per heavy atom. The van der Waals surface area contributed by atoms with E-state index in [-0.39, 0.29) is 21.1 Å². The van der Waals surface area contributed by atoms with Crippen molar-refractivity contribution in [1.29, 1.82) is 0 Å². The van der Waals surface area contributed by atoms with Gasteiger partial charge in [-0.15, -0.1) is 0 Å². The van der Waals surface area contributed by atoms with Crippen LogP contribution in [0, 0.1) is 0 Å². The van der Waals surface area contributed by atoms with Crippen molar-refractivity contribution in [3.8, 4) is 0 Å². The molecule has 0 aromatic heterocycles. The Morgan fingerprint density at radius 1 is 0.448 bits per heavy atom. The third kappa shape index (κ3) is 10.4. The third-order valence-electron chi connectivity index (χ3n) is 4.77. The zero-order chi connectivity index (χ0) is 21.1. The van der Waals surface area contributed by atoms with Gasteiger partial charge < -0.3 is 40.9 Å². The summed E-state index contributed by atoms with van der Waals surface area (Å²) in [6.45, 7) is 8.22. The van der Waals surface area contributed by atoms with Gasteiger partial charge in [0.15, 0.2) is 0 Å². The Bertz CT molecular complexity index is 455. The standard InChI is InChI=1S/4C5H9N2.Pt/c4*1-5-6-3-4-7(5)2;/h4*3-5H,1-2H3;/q4*-1;+2. The van der Waals surface area contributed by atoms with Crippen LogP contribution in [0.1, 0.15) is 27.7 Å². The minimum absolute atomic E-state index is 0. The van der Waals surface area contributed by atoms with Crippen molar-refractivity contribution in [3.63, 3.8) is 0 Å². The number of nitrogens with zero attached hydrogens (tertiary/aromatic N) is 8. The Labute approximate surface area is 192 Å². The summed E-state index contributed by atoms with van der Waals surface area (Å²) in [5, 5.41) is 16.2. The molecule has 0 N–H and O–H groups in total. The van der Waals surface area contributed by atoms with Crippen LogP contribution in [-0.4, -0.2) is 72.5 Å². The van der Waals surface area contributed by atoms with E-state index in [1.54, 1.807) is 0 Å². The van der Waals surface area contributed by atoms with E-state index in [1.165, 1.54) is 0 Å². The van der Waals surface area contributed by atoms with Gasteiger partial charge in [0, 0.05) is 28.2 Å². The fourth-order valence-electron chi connectivity index (χ4n) is 1.99. The van der Waals surface area contributed by atoms with Crippen LogP contribution < -0.4 is 0 Å². The van der Waals surface area contributed by atoms with Crippen LogP contribution in [0.4, 0.5) is 0 Å². The summed E-state index contributed by atoms with van der Waals surface area (Å²) in [5.41, 5.74) is 0. The Balaban J connectivity index is 0.000000356. The van der Waals surface area contributed by atoms with Crippen LogP contribution in [0.2, 0.25) is 0 Å². The maximum absolute atomic E-state index is 4.06. The van der Waals surface area contributed by atoms with Crippen molar-refractivity contribution < 1.29 is 21.1 Å². The predicted octanol–water partition coefficient (Wildman–Crippen LogP) is 4.49. The van der Waals surface area contributed by atoms with Gasteiger partial charge in [-0.2, -0.15) is 24.8 Å². The van der Waals surface area contributed by atoms with Gasteiger partial charge in [0.1, 0.15) is 0 Å². The molecular formula is C20H36N8Pt-2. The summed E-state index contributed by atoms with van der Waals surface area (Å²) in [5.74, 6) is 0. The average Bonchev–Trinajstić information content (AvgIpc) is 3.41. The van der Waals surface area contributed by atoms with Crippen molar-refractivity contribution in [2.75, 3.05) is 28.2 Å². The Hall–Kier alpha value is -1.95. The van der Waals surface area contributed by atoms with Crippen LogP contribution in [0.3, 0.4) is 0 Å². The van der Waals surface area contributed by atoms with E-state index in [9.17, 15) is 0 Å². The fraction of sp³-hybridized carbons (Fsp3) is 0.600. The SMILES string of the molecule is CC1[N-]C=CN1C.CC1[N-]C=CN1C.CC1[N-]C=CN1C.CC1[N-]C=CN1C.[Pt+2]. The summed E-state index contributed by atoms with van der Waals surface area (Å²) in [4.78, 5) is 8.22. The van der Waals surface area contributed by atoms with E-state index >= 15 is 0 Å². The second-order valence-corrected chi connectivity index (χ2v) is 6.98. The van der Waals surface area contributed by atoms with Gasteiger partial charge in [0.25, 0.3) is 0 Å². The average molecular weight is 584 g/mol. The van der Waals surface area contributed by atoms with Gasteiger partial charge in [-0.25, -0.2) is 0 Å². The molecule has 0 bridgehead atoms. The molecule has 4 atom stereocenters. The second kappa shape index (κ2) is 14.1. The van der Waals surface area contributed by atoms with Crippen molar-refractivity contribution in [1.82, 2.24) is 19.6 Å².